The van der Waals surface area contributed by atoms with E-state index < -0.39 is 0 Å². The lowest BCUT2D eigenvalue weighted by atomic mass is 10.0. The van der Waals surface area contributed by atoms with E-state index in [-0.39, 0.29) is 23.2 Å². The molecule has 0 aromatic heterocycles. The Morgan fingerprint density at radius 1 is 0.923 bits per heavy atom. The predicted octanol–water partition coefficient (Wildman–Crippen LogP) is 8.91. The highest BCUT2D eigenvalue weighted by molar-refractivity contribution is 7.80. The van der Waals surface area contributed by atoms with Gasteiger partial charge < -0.3 is 14.7 Å². The molecule has 0 unspecified atom stereocenters. The molecule has 206 valence electrons. The molecular formula is C32H34F3NO2S. The van der Waals surface area contributed by atoms with Gasteiger partial charge in [-0.2, -0.15) is 12.6 Å². The molecule has 0 radical (unpaired) electrons. The van der Waals surface area contributed by atoms with Gasteiger partial charge in [-0.25, -0.2) is 13.2 Å². The van der Waals surface area contributed by atoms with Crippen LogP contribution in [0.2, 0.25) is 0 Å². The molecular weight excluding hydrogens is 519 g/mol. The molecule has 1 aliphatic rings. The van der Waals surface area contributed by atoms with Crippen LogP contribution in [0.5, 0.6) is 0 Å². The van der Waals surface area contributed by atoms with Crippen molar-refractivity contribution in [3.63, 3.8) is 0 Å². The Morgan fingerprint density at radius 3 is 2.08 bits per heavy atom. The fourth-order valence-electron chi connectivity index (χ4n) is 4.09. The summed E-state index contributed by atoms with van der Waals surface area (Å²) >= 11 is 3.94. The highest BCUT2D eigenvalue weighted by Crippen LogP contribution is 2.41. The van der Waals surface area contributed by atoms with E-state index in [4.69, 9.17) is 9.84 Å². The lowest BCUT2D eigenvalue weighted by Gasteiger charge is -2.22. The average Bonchev–Trinajstić information content (AvgIpc) is 3.28. The molecule has 7 heteroatoms. The summed E-state index contributed by atoms with van der Waals surface area (Å²) in [5.41, 5.74) is 2.96. The molecule has 0 atom stereocenters. The van der Waals surface area contributed by atoms with Crippen molar-refractivity contribution in [2.75, 3.05) is 12.3 Å². The molecule has 39 heavy (non-hydrogen) atoms. The number of aryl methyl sites for hydroxylation is 1. The zero-order chi connectivity index (χ0) is 28.2. The molecule has 1 aliphatic heterocycles. The van der Waals surface area contributed by atoms with Crippen LogP contribution in [0.4, 0.5) is 13.2 Å². The molecule has 0 aliphatic carbocycles. The van der Waals surface area contributed by atoms with Gasteiger partial charge in [-0.1, -0.05) is 31.7 Å². The lowest BCUT2D eigenvalue weighted by molar-refractivity contribution is 0.287. The van der Waals surface area contributed by atoms with Gasteiger partial charge in [0.15, 0.2) is 11.6 Å². The van der Waals surface area contributed by atoms with Crippen molar-refractivity contribution in [2.24, 2.45) is 0 Å². The second-order valence-electron chi connectivity index (χ2n) is 8.98. The van der Waals surface area contributed by atoms with E-state index in [9.17, 15) is 13.2 Å². The molecule has 4 rings (SSSR count). The number of aliphatic hydroxyl groups excluding tert-OH is 1. The summed E-state index contributed by atoms with van der Waals surface area (Å²) < 4.78 is 47.4. The van der Waals surface area contributed by atoms with E-state index >= 15 is 0 Å². The number of hydrogen-bond acceptors (Lipinski definition) is 4. The quantitative estimate of drug-likeness (QED) is 0.194. The third-order valence-corrected chi connectivity index (χ3v) is 6.29. The Balaban J connectivity index is 0.000000532. The van der Waals surface area contributed by atoms with E-state index in [2.05, 4.69) is 19.2 Å². The molecule has 0 bridgehead atoms. The molecule has 0 saturated heterocycles. The first-order valence-electron chi connectivity index (χ1n) is 13.0. The maximum atomic E-state index is 14.1. The Bertz CT molecular complexity index is 1290. The van der Waals surface area contributed by atoms with E-state index in [1.165, 1.54) is 30.3 Å². The minimum Gasteiger partial charge on any atom is -0.513 e. The molecule has 0 spiro atoms. The molecule has 3 nitrogen and oxygen atoms in total. The van der Waals surface area contributed by atoms with Crippen LogP contribution in [0, 0.1) is 17.5 Å². The summed E-state index contributed by atoms with van der Waals surface area (Å²) in [6, 6.07) is 19.1. The first kappa shape index (κ1) is 30.0. The molecule has 1 heterocycles. The average molecular weight is 554 g/mol. The van der Waals surface area contributed by atoms with Crippen molar-refractivity contribution in [3.05, 3.63) is 131 Å². The fourth-order valence-corrected chi connectivity index (χ4v) is 4.25. The summed E-state index contributed by atoms with van der Waals surface area (Å²) in [5.74, 6) is 1.46. The summed E-state index contributed by atoms with van der Waals surface area (Å²) in [7, 11) is 0. The van der Waals surface area contributed by atoms with Crippen LogP contribution in [0.3, 0.4) is 0 Å². The maximum absolute atomic E-state index is 14.1. The van der Waals surface area contributed by atoms with Gasteiger partial charge in [-0.15, -0.1) is 0 Å². The number of thiol groups is 1. The topological polar surface area (TPSA) is 32.7 Å². The third-order valence-electron chi connectivity index (χ3n) is 5.97. The zero-order valence-electron chi connectivity index (χ0n) is 22.0. The number of halogens is 3. The van der Waals surface area contributed by atoms with E-state index in [1.807, 2.05) is 24.0 Å². The summed E-state index contributed by atoms with van der Waals surface area (Å²) in [6.07, 6.45) is 5.59. The van der Waals surface area contributed by atoms with Crippen molar-refractivity contribution in [1.82, 2.24) is 4.90 Å². The number of aliphatic hydroxyl groups is 1. The Hall–Kier alpha value is -3.58. The summed E-state index contributed by atoms with van der Waals surface area (Å²) in [6.45, 7) is 5.91. The molecule has 3 aromatic carbocycles. The van der Waals surface area contributed by atoms with Gasteiger partial charge >= 0.3 is 0 Å². The normalized spacial score (nSPS) is 13.8. The van der Waals surface area contributed by atoms with Gasteiger partial charge in [0.25, 0.3) is 0 Å². The monoisotopic (exact) mass is 553 g/mol. The van der Waals surface area contributed by atoms with Gasteiger partial charge in [0.05, 0.1) is 11.5 Å². The Labute approximate surface area is 234 Å². The number of nitrogens with zero attached hydrogens (tertiary/aromatic N) is 1. The number of rotatable bonds is 10. The highest BCUT2D eigenvalue weighted by Gasteiger charge is 2.31. The van der Waals surface area contributed by atoms with Crippen molar-refractivity contribution in [2.45, 2.75) is 39.0 Å². The van der Waals surface area contributed by atoms with Crippen molar-refractivity contribution in [1.29, 1.82) is 0 Å². The number of ether oxygens (including phenoxy) is 1. The van der Waals surface area contributed by atoms with Gasteiger partial charge in [-0.05, 0) is 97.7 Å². The molecule has 3 aromatic rings. The smallest absolute Gasteiger partial charge is 0.196 e. The molecule has 0 fully saturated rings. The second-order valence-corrected chi connectivity index (χ2v) is 9.43. The Morgan fingerprint density at radius 2 is 1.54 bits per heavy atom. The molecule has 0 saturated carbocycles. The van der Waals surface area contributed by atoms with E-state index in [0.717, 1.165) is 35.4 Å². The van der Waals surface area contributed by atoms with E-state index in [1.54, 1.807) is 36.4 Å². The number of hydrogen-bond donors (Lipinski definition) is 2. The standard InChI is InChI=1S/C27H24F3NO.C5H10OS/c1-2-6-25-31(18-5-8-19-7-3-4-9-24(19)30)26(20-10-14-22(28)15-11-20)27(32-25)21-12-16-23(29)17-13-21;1-5(6)3-2-4-7/h3-4,6-7,9-17H,2,5,8,18H2,1H3;6-7H,1-4H2/b25-6+;. The van der Waals surface area contributed by atoms with Gasteiger partial charge in [0, 0.05) is 24.1 Å². The predicted molar refractivity (Wildman–Crippen MR) is 155 cm³/mol. The zero-order valence-corrected chi connectivity index (χ0v) is 22.9. The number of benzene rings is 3. The summed E-state index contributed by atoms with van der Waals surface area (Å²) in [5, 5.41) is 8.46. The lowest BCUT2D eigenvalue weighted by Crippen LogP contribution is -2.20. The van der Waals surface area contributed by atoms with Crippen LogP contribution >= 0.6 is 12.6 Å². The van der Waals surface area contributed by atoms with Crippen LogP contribution in [0.15, 0.2) is 97.1 Å². The Kier molecular flexibility index (Phi) is 11.6. The van der Waals surface area contributed by atoms with Crippen molar-refractivity contribution in [3.8, 4) is 0 Å². The second kappa shape index (κ2) is 15.1. The summed E-state index contributed by atoms with van der Waals surface area (Å²) in [4.78, 5) is 2.04. The first-order valence-corrected chi connectivity index (χ1v) is 13.6. The first-order chi connectivity index (χ1) is 18.8. The minimum absolute atomic E-state index is 0.212. The third kappa shape index (κ3) is 8.72. The van der Waals surface area contributed by atoms with Crippen molar-refractivity contribution < 1.29 is 23.0 Å². The van der Waals surface area contributed by atoms with Gasteiger partial charge in [0.1, 0.15) is 17.5 Å². The van der Waals surface area contributed by atoms with Crippen LogP contribution < -0.4 is 0 Å². The highest BCUT2D eigenvalue weighted by atomic mass is 32.1. The van der Waals surface area contributed by atoms with Gasteiger partial charge in [-0.3, -0.25) is 0 Å². The fraction of sp³-hybridized carbons (Fsp3) is 0.250. The van der Waals surface area contributed by atoms with Crippen molar-refractivity contribution >= 4 is 24.1 Å². The van der Waals surface area contributed by atoms with Crippen LogP contribution in [0.1, 0.15) is 49.3 Å². The largest absolute Gasteiger partial charge is 0.513 e. The van der Waals surface area contributed by atoms with Gasteiger partial charge in [0.2, 0.25) is 0 Å². The minimum atomic E-state index is -0.332. The van der Waals surface area contributed by atoms with Crippen LogP contribution in [-0.2, 0) is 11.2 Å². The molecule has 0 amide bonds. The van der Waals surface area contributed by atoms with Crippen LogP contribution in [0.25, 0.3) is 11.5 Å². The maximum Gasteiger partial charge on any atom is 0.196 e. The van der Waals surface area contributed by atoms with E-state index in [0.29, 0.717) is 43.0 Å². The molecule has 1 N–H and O–H groups in total. The number of allylic oxidation sites excluding steroid dienone is 2. The van der Waals surface area contributed by atoms with Crippen LogP contribution in [-0.4, -0.2) is 22.3 Å². The SMILES string of the molecule is C=C(O)CCCS.CC/C=C1/OC(c2ccc(F)cc2)=C(c2ccc(F)cc2)N1CCCc1ccccc1F.